The summed E-state index contributed by atoms with van der Waals surface area (Å²) in [4.78, 5) is 18.0. The Hall–Kier alpha value is -1.14. The third kappa shape index (κ3) is 3.68. The smallest absolute Gasteiger partial charge is 0.305 e. The van der Waals surface area contributed by atoms with Gasteiger partial charge in [0.15, 0.2) is 5.13 Å². The third-order valence-corrected chi connectivity index (χ3v) is 3.91. The molecule has 1 fully saturated rings. The van der Waals surface area contributed by atoms with Crippen molar-refractivity contribution < 1.29 is 9.53 Å². The zero-order valence-corrected chi connectivity index (χ0v) is 11.5. The number of thiazole rings is 1. The average Bonchev–Trinajstić information content (AvgIpc) is 2.69. The molecule has 0 unspecified atom stereocenters. The molecule has 5 nitrogen and oxygen atoms in total. The molecule has 100 valence electrons. The highest BCUT2D eigenvalue weighted by atomic mass is 32.1. The highest BCUT2D eigenvalue weighted by Crippen LogP contribution is 2.21. The fraction of sp³-hybridized carbons (Fsp3) is 0.667. The van der Waals surface area contributed by atoms with Gasteiger partial charge in [-0.1, -0.05) is 0 Å². The number of aromatic nitrogens is 1. The van der Waals surface area contributed by atoms with E-state index in [0.717, 1.165) is 43.4 Å². The van der Waals surface area contributed by atoms with Gasteiger partial charge in [0.05, 0.1) is 19.2 Å². The van der Waals surface area contributed by atoms with E-state index in [1.807, 2.05) is 5.38 Å². The molecule has 0 radical (unpaired) electrons. The summed E-state index contributed by atoms with van der Waals surface area (Å²) in [7, 11) is 1.42. The highest BCUT2D eigenvalue weighted by Gasteiger charge is 2.13. The van der Waals surface area contributed by atoms with Gasteiger partial charge in [-0.15, -0.1) is 11.3 Å². The molecule has 0 saturated carbocycles. The third-order valence-electron chi connectivity index (χ3n) is 2.96. The number of nitrogens with zero attached hydrogens (tertiary/aromatic N) is 2. The van der Waals surface area contributed by atoms with E-state index in [1.54, 1.807) is 11.3 Å². The Morgan fingerprint density at radius 3 is 3.28 bits per heavy atom. The molecule has 1 aromatic heterocycles. The van der Waals surface area contributed by atoms with Crippen LogP contribution in [-0.4, -0.2) is 44.2 Å². The largest absolute Gasteiger partial charge is 0.469 e. The Morgan fingerprint density at radius 2 is 2.44 bits per heavy atom. The number of carbonyl (C=O) groups is 1. The summed E-state index contributed by atoms with van der Waals surface area (Å²) >= 11 is 1.66. The molecule has 2 heterocycles. The maximum absolute atomic E-state index is 11.1. The van der Waals surface area contributed by atoms with Gasteiger partial charge in [0.2, 0.25) is 0 Å². The van der Waals surface area contributed by atoms with E-state index >= 15 is 0 Å². The summed E-state index contributed by atoms with van der Waals surface area (Å²) in [5.74, 6) is -0.177. The molecule has 1 aliphatic heterocycles. The summed E-state index contributed by atoms with van der Waals surface area (Å²) in [6.45, 7) is 4.15. The molecule has 0 amide bonds. The van der Waals surface area contributed by atoms with Gasteiger partial charge in [-0.25, -0.2) is 4.98 Å². The van der Waals surface area contributed by atoms with E-state index in [2.05, 4.69) is 19.9 Å². The summed E-state index contributed by atoms with van der Waals surface area (Å²) in [5, 5.41) is 6.48. The number of hydrogen-bond acceptors (Lipinski definition) is 6. The number of ether oxygens (including phenoxy) is 1. The Balaban J connectivity index is 1.90. The fourth-order valence-corrected chi connectivity index (χ4v) is 2.84. The van der Waals surface area contributed by atoms with Crippen molar-refractivity contribution in [3.05, 3.63) is 11.1 Å². The first kappa shape index (κ1) is 13.3. The van der Waals surface area contributed by atoms with Crippen LogP contribution < -0.4 is 10.2 Å². The van der Waals surface area contributed by atoms with Gasteiger partial charge in [-0.05, 0) is 13.0 Å². The molecule has 6 heteroatoms. The van der Waals surface area contributed by atoms with Crippen molar-refractivity contribution in [2.75, 3.05) is 38.2 Å². The van der Waals surface area contributed by atoms with Crippen molar-refractivity contribution in [3.63, 3.8) is 0 Å². The molecule has 0 aromatic carbocycles. The van der Waals surface area contributed by atoms with Gasteiger partial charge in [0.1, 0.15) is 0 Å². The number of rotatable bonds is 4. The molecule has 0 bridgehead atoms. The van der Waals surface area contributed by atoms with Gasteiger partial charge in [0, 0.05) is 31.4 Å². The number of methoxy groups -OCH3 is 1. The summed E-state index contributed by atoms with van der Waals surface area (Å²) in [5.41, 5.74) is 0.984. The molecular weight excluding hydrogens is 250 g/mol. The molecule has 1 aliphatic rings. The van der Waals surface area contributed by atoms with Gasteiger partial charge in [-0.2, -0.15) is 0 Å². The molecule has 1 saturated heterocycles. The molecule has 1 N–H and O–H groups in total. The molecule has 0 atom stereocenters. The van der Waals surface area contributed by atoms with Crippen molar-refractivity contribution >= 4 is 22.4 Å². The first-order valence-electron chi connectivity index (χ1n) is 6.26. The van der Waals surface area contributed by atoms with E-state index in [0.29, 0.717) is 12.8 Å². The zero-order chi connectivity index (χ0) is 12.8. The minimum atomic E-state index is -0.177. The van der Waals surface area contributed by atoms with Crippen molar-refractivity contribution in [3.8, 4) is 0 Å². The number of nitrogens with one attached hydrogen (secondary N) is 1. The average molecular weight is 269 g/mol. The van der Waals surface area contributed by atoms with Gasteiger partial charge in [-0.3, -0.25) is 4.79 Å². The number of hydrogen-bond donors (Lipinski definition) is 1. The fourth-order valence-electron chi connectivity index (χ4n) is 1.93. The molecule has 2 rings (SSSR count). The van der Waals surface area contributed by atoms with Crippen molar-refractivity contribution in [1.82, 2.24) is 10.3 Å². The number of carbonyl (C=O) groups excluding carboxylic acids is 1. The molecule has 0 aliphatic carbocycles. The van der Waals surface area contributed by atoms with Crippen molar-refractivity contribution in [2.24, 2.45) is 0 Å². The second-order valence-corrected chi connectivity index (χ2v) is 5.12. The van der Waals surface area contributed by atoms with E-state index in [1.165, 1.54) is 7.11 Å². The van der Waals surface area contributed by atoms with Crippen LogP contribution in [0.1, 0.15) is 18.5 Å². The van der Waals surface area contributed by atoms with Crippen LogP contribution in [-0.2, 0) is 16.0 Å². The lowest BCUT2D eigenvalue weighted by Crippen LogP contribution is -2.27. The van der Waals surface area contributed by atoms with E-state index < -0.39 is 0 Å². The maximum Gasteiger partial charge on any atom is 0.305 e. The second kappa shape index (κ2) is 6.70. The SMILES string of the molecule is COC(=O)CCc1csc(N2CCCNCC2)n1. The van der Waals surface area contributed by atoms with Crippen molar-refractivity contribution in [2.45, 2.75) is 19.3 Å². The Bertz CT molecular complexity index is 386. The lowest BCUT2D eigenvalue weighted by atomic mass is 10.2. The summed E-state index contributed by atoms with van der Waals surface area (Å²) < 4.78 is 4.63. The number of aryl methyl sites for hydroxylation is 1. The lowest BCUT2D eigenvalue weighted by Gasteiger charge is -2.18. The zero-order valence-electron chi connectivity index (χ0n) is 10.6. The standard InChI is InChI=1S/C12H19N3O2S/c1-17-11(16)4-3-10-9-18-12(14-10)15-7-2-5-13-6-8-15/h9,13H,2-8H2,1H3. The van der Waals surface area contributed by atoms with Crippen LogP contribution in [0.5, 0.6) is 0 Å². The van der Waals surface area contributed by atoms with Crippen LogP contribution in [0.25, 0.3) is 0 Å². The Labute approximate surface area is 111 Å². The van der Waals surface area contributed by atoms with Crippen LogP contribution in [0.2, 0.25) is 0 Å². The van der Waals surface area contributed by atoms with Crippen LogP contribution in [0, 0.1) is 0 Å². The molecule has 0 spiro atoms. The van der Waals surface area contributed by atoms with Gasteiger partial charge in [0.25, 0.3) is 0 Å². The number of anilines is 1. The van der Waals surface area contributed by atoms with E-state index in [9.17, 15) is 4.79 Å². The molecule has 18 heavy (non-hydrogen) atoms. The first-order valence-corrected chi connectivity index (χ1v) is 7.14. The normalized spacial score (nSPS) is 16.4. The van der Waals surface area contributed by atoms with Crippen LogP contribution in [0.3, 0.4) is 0 Å². The quantitative estimate of drug-likeness (QED) is 0.828. The number of esters is 1. The Morgan fingerprint density at radius 1 is 1.56 bits per heavy atom. The predicted octanol–water partition coefficient (Wildman–Crippen LogP) is 1.05. The summed E-state index contributed by atoms with van der Waals surface area (Å²) in [6.07, 6.45) is 2.22. The van der Waals surface area contributed by atoms with E-state index in [4.69, 9.17) is 0 Å². The topological polar surface area (TPSA) is 54.5 Å². The predicted molar refractivity (Wildman–Crippen MR) is 72.2 cm³/mol. The van der Waals surface area contributed by atoms with Crippen LogP contribution in [0.4, 0.5) is 5.13 Å². The van der Waals surface area contributed by atoms with Gasteiger partial charge < -0.3 is 15.0 Å². The molecular formula is C12H19N3O2S. The maximum atomic E-state index is 11.1. The highest BCUT2D eigenvalue weighted by molar-refractivity contribution is 7.13. The van der Waals surface area contributed by atoms with Crippen LogP contribution >= 0.6 is 11.3 Å². The summed E-state index contributed by atoms with van der Waals surface area (Å²) in [6, 6.07) is 0. The lowest BCUT2D eigenvalue weighted by molar-refractivity contribution is -0.140. The minimum Gasteiger partial charge on any atom is -0.469 e. The Kier molecular flexibility index (Phi) is 4.95. The minimum absolute atomic E-state index is 0.177. The monoisotopic (exact) mass is 269 g/mol. The van der Waals surface area contributed by atoms with Crippen LogP contribution in [0.15, 0.2) is 5.38 Å². The van der Waals surface area contributed by atoms with Gasteiger partial charge >= 0.3 is 5.97 Å². The molecule has 1 aromatic rings. The van der Waals surface area contributed by atoms with Crippen molar-refractivity contribution in [1.29, 1.82) is 0 Å². The van der Waals surface area contributed by atoms with E-state index in [-0.39, 0.29) is 5.97 Å². The first-order chi connectivity index (χ1) is 8.79. The second-order valence-electron chi connectivity index (χ2n) is 4.29.